The zero-order valence-corrected chi connectivity index (χ0v) is 15.3. The van der Waals surface area contributed by atoms with E-state index in [0.717, 1.165) is 12.3 Å². The summed E-state index contributed by atoms with van der Waals surface area (Å²) in [5.41, 5.74) is -1.42. The Morgan fingerprint density at radius 1 is 1.28 bits per heavy atom. The first-order valence-corrected chi connectivity index (χ1v) is 8.97. The maximum absolute atomic E-state index is 14.1. The number of carbonyl (C=O) groups is 1. The van der Waals surface area contributed by atoms with Crippen LogP contribution in [0.2, 0.25) is 5.02 Å². The lowest BCUT2D eigenvalue weighted by atomic mass is 9.83. The van der Waals surface area contributed by atoms with Gasteiger partial charge in [0.25, 0.3) is 10.0 Å². The van der Waals surface area contributed by atoms with Gasteiger partial charge in [-0.15, -0.1) is 0 Å². The molecule has 0 bridgehead atoms. The summed E-state index contributed by atoms with van der Waals surface area (Å²) in [6.45, 7) is 2.83. The number of methoxy groups -OCH3 is 1. The highest BCUT2D eigenvalue weighted by atomic mass is 35.5. The summed E-state index contributed by atoms with van der Waals surface area (Å²) in [5, 5.41) is 0.175. The van der Waals surface area contributed by atoms with Gasteiger partial charge in [0.15, 0.2) is 0 Å². The SMILES string of the molecule is COc1ccc(S(=O)(=O)NC(=O)C(C)(C)c2ccc(Cl)cc2F)cn1. The molecule has 0 fully saturated rings. The lowest BCUT2D eigenvalue weighted by Crippen LogP contribution is -2.43. The molecule has 0 unspecified atom stereocenters. The van der Waals surface area contributed by atoms with Gasteiger partial charge in [-0.1, -0.05) is 17.7 Å². The molecule has 0 saturated carbocycles. The van der Waals surface area contributed by atoms with E-state index in [0.29, 0.717) is 0 Å². The van der Waals surface area contributed by atoms with Crippen molar-refractivity contribution in [1.82, 2.24) is 9.71 Å². The molecule has 2 rings (SSSR count). The molecule has 9 heteroatoms. The van der Waals surface area contributed by atoms with E-state index in [1.807, 2.05) is 4.72 Å². The second-order valence-electron chi connectivity index (χ2n) is 5.72. The van der Waals surface area contributed by atoms with Crippen LogP contribution in [-0.4, -0.2) is 26.4 Å². The van der Waals surface area contributed by atoms with Crippen LogP contribution in [0.25, 0.3) is 0 Å². The number of hydrogen-bond acceptors (Lipinski definition) is 5. The minimum absolute atomic E-state index is 0.0254. The van der Waals surface area contributed by atoms with Crippen LogP contribution in [0.15, 0.2) is 41.4 Å². The first-order valence-electron chi connectivity index (χ1n) is 7.11. The smallest absolute Gasteiger partial charge is 0.265 e. The van der Waals surface area contributed by atoms with E-state index in [1.54, 1.807) is 0 Å². The molecule has 2 aromatic rings. The van der Waals surface area contributed by atoms with Crippen LogP contribution in [0.3, 0.4) is 0 Å². The Morgan fingerprint density at radius 3 is 2.48 bits per heavy atom. The fraction of sp³-hybridized carbons (Fsp3) is 0.250. The molecule has 0 saturated heterocycles. The minimum Gasteiger partial charge on any atom is -0.481 e. The third-order valence-electron chi connectivity index (χ3n) is 3.63. The van der Waals surface area contributed by atoms with E-state index in [9.17, 15) is 17.6 Å². The van der Waals surface area contributed by atoms with E-state index in [-0.39, 0.29) is 21.4 Å². The van der Waals surface area contributed by atoms with Gasteiger partial charge in [0.1, 0.15) is 10.7 Å². The molecule has 1 amide bonds. The summed E-state index contributed by atoms with van der Waals surface area (Å²) in [7, 11) is -2.77. The van der Waals surface area contributed by atoms with Crippen molar-refractivity contribution in [3.63, 3.8) is 0 Å². The van der Waals surface area contributed by atoms with Gasteiger partial charge in [-0.2, -0.15) is 0 Å². The first-order chi connectivity index (χ1) is 11.6. The predicted octanol–water partition coefficient (Wildman–Crippen LogP) is 2.67. The Labute approximate surface area is 150 Å². The van der Waals surface area contributed by atoms with Crippen molar-refractivity contribution in [2.75, 3.05) is 7.11 Å². The molecule has 1 heterocycles. The number of pyridine rings is 1. The number of benzene rings is 1. The van der Waals surface area contributed by atoms with Crippen molar-refractivity contribution in [3.05, 3.63) is 52.9 Å². The van der Waals surface area contributed by atoms with Gasteiger partial charge in [0.2, 0.25) is 11.8 Å². The zero-order valence-electron chi connectivity index (χ0n) is 13.7. The number of carbonyl (C=O) groups excluding carboxylic acids is 1. The second kappa shape index (κ2) is 6.97. The van der Waals surface area contributed by atoms with Crippen LogP contribution in [0.1, 0.15) is 19.4 Å². The van der Waals surface area contributed by atoms with Crippen molar-refractivity contribution >= 4 is 27.5 Å². The highest BCUT2D eigenvalue weighted by Gasteiger charge is 2.35. The number of sulfonamides is 1. The summed E-state index contributed by atoms with van der Waals surface area (Å²) in [5.74, 6) is -1.35. The number of rotatable bonds is 5. The molecule has 25 heavy (non-hydrogen) atoms. The molecule has 1 N–H and O–H groups in total. The molecular weight excluding hydrogens is 371 g/mol. The van der Waals surface area contributed by atoms with Gasteiger partial charge >= 0.3 is 0 Å². The van der Waals surface area contributed by atoms with Gasteiger partial charge in [0.05, 0.1) is 18.7 Å². The standard InChI is InChI=1S/C16H16ClFN2O4S/c1-16(2,12-6-4-10(17)8-13(12)18)15(21)20-25(22,23)11-5-7-14(24-3)19-9-11/h4-9H,1-3H3,(H,20,21). The number of ether oxygens (including phenoxy) is 1. The molecule has 0 spiro atoms. The Balaban J connectivity index is 2.29. The van der Waals surface area contributed by atoms with Crippen molar-refractivity contribution in [2.45, 2.75) is 24.2 Å². The number of nitrogens with zero attached hydrogens (tertiary/aromatic N) is 1. The van der Waals surface area contributed by atoms with Crippen molar-refractivity contribution in [3.8, 4) is 5.88 Å². The number of nitrogens with one attached hydrogen (secondary N) is 1. The monoisotopic (exact) mass is 386 g/mol. The largest absolute Gasteiger partial charge is 0.481 e. The van der Waals surface area contributed by atoms with E-state index in [4.69, 9.17) is 16.3 Å². The topological polar surface area (TPSA) is 85.4 Å². The molecule has 1 aromatic heterocycles. The summed E-state index contributed by atoms with van der Waals surface area (Å²) in [6.07, 6.45) is 1.06. The third-order valence-corrected chi connectivity index (χ3v) is 5.18. The maximum atomic E-state index is 14.1. The Bertz CT molecular complexity index is 899. The quantitative estimate of drug-likeness (QED) is 0.853. The number of amides is 1. The number of halogens is 2. The van der Waals surface area contributed by atoms with Crippen LogP contribution in [-0.2, 0) is 20.2 Å². The summed E-state index contributed by atoms with van der Waals surface area (Å²) in [4.78, 5) is 16.1. The van der Waals surface area contributed by atoms with Crippen LogP contribution in [0, 0.1) is 5.82 Å². The minimum atomic E-state index is -4.16. The van der Waals surface area contributed by atoms with Crippen LogP contribution in [0.4, 0.5) is 4.39 Å². The van der Waals surface area contributed by atoms with Crippen LogP contribution >= 0.6 is 11.6 Å². The summed E-state index contributed by atoms with van der Waals surface area (Å²) < 4.78 is 45.6. The Morgan fingerprint density at radius 2 is 1.96 bits per heavy atom. The Hall–Kier alpha value is -2.19. The molecule has 134 valence electrons. The fourth-order valence-electron chi connectivity index (χ4n) is 2.07. The molecule has 0 atom stereocenters. The van der Waals surface area contributed by atoms with Gasteiger partial charge in [-0.05, 0) is 32.0 Å². The molecule has 0 aliphatic carbocycles. The zero-order chi connectivity index (χ0) is 18.8. The first kappa shape index (κ1) is 19.1. The number of aromatic nitrogens is 1. The lowest BCUT2D eigenvalue weighted by molar-refractivity contribution is -0.123. The highest BCUT2D eigenvalue weighted by Crippen LogP contribution is 2.28. The van der Waals surface area contributed by atoms with Gasteiger partial charge in [0, 0.05) is 16.7 Å². The molecule has 6 nitrogen and oxygen atoms in total. The second-order valence-corrected chi connectivity index (χ2v) is 7.84. The van der Waals surface area contributed by atoms with Gasteiger partial charge < -0.3 is 4.74 Å². The molecular formula is C16H16ClFN2O4S. The van der Waals surface area contributed by atoms with Gasteiger partial charge in [-0.3, -0.25) is 4.79 Å². The molecule has 0 aliphatic heterocycles. The fourth-order valence-corrected chi connectivity index (χ4v) is 3.29. The summed E-state index contributed by atoms with van der Waals surface area (Å²) in [6, 6.07) is 6.43. The van der Waals surface area contributed by atoms with E-state index >= 15 is 0 Å². The van der Waals surface area contributed by atoms with Gasteiger partial charge in [-0.25, -0.2) is 22.5 Å². The lowest BCUT2D eigenvalue weighted by Gasteiger charge is -2.24. The average molecular weight is 387 g/mol. The highest BCUT2D eigenvalue weighted by molar-refractivity contribution is 7.90. The summed E-state index contributed by atoms with van der Waals surface area (Å²) >= 11 is 5.70. The average Bonchev–Trinajstić information content (AvgIpc) is 2.54. The normalized spacial score (nSPS) is 11.9. The molecule has 1 aromatic carbocycles. The predicted molar refractivity (Wildman–Crippen MR) is 90.6 cm³/mol. The maximum Gasteiger partial charge on any atom is 0.265 e. The van der Waals surface area contributed by atoms with E-state index in [1.165, 1.54) is 45.2 Å². The van der Waals surface area contributed by atoms with Crippen molar-refractivity contribution in [2.24, 2.45) is 0 Å². The van der Waals surface area contributed by atoms with E-state index in [2.05, 4.69) is 4.98 Å². The Kier molecular flexibility index (Phi) is 5.34. The van der Waals surface area contributed by atoms with Crippen molar-refractivity contribution < 1.29 is 22.3 Å². The number of hydrogen-bond donors (Lipinski definition) is 1. The van der Waals surface area contributed by atoms with Crippen LogP contribution in [0.5, 0.6) is 5.88 Å². The van der Waals surface area contributed by atoms with Crippen molar-refractivity contribution in [1.29, 1.82) is 0 Å². The molecule has 0 radical (unpaired) electrons. The third kappa shape index (κ3) is 4.08. The van der Waals surface area contributed by atoms with E-state index < -0.39 is 27.2 Å². The molecule has 0 aliphatic rings. The van der Waals surface area contributed by atoms with Crippen LogP contribution < -0.4 is 9.46 Å².